The Balaban J connectivity index is 1.23. The molecule has 3 aliphatic heterocycles. The number of alkyl halides is 1. The fourth-order valence-corrected chi connectivity index (χ4v) is 5.68. The molecule has 2 unspecified atom stereocenters. The van der Waals surface area contributed by atoms with Crippen molar-refractivity contribution in [3.8, 4) is 17.2 Å². The number of benzene rings is 3. The maximum Gasteiger partial charge on any atom is 0.199 e. The van der Waals surface area contributed by atoms with Gasteiger partial charge in [0.15, 0.2) is 6.29 Å². The van der Waals surface area contributed by atoms with Crippen molar-refractivity contribution in [1.82, 2.24) is 4.90 Å². The van der Waals surface area contributed by atoms with Crippen LogP contribution >= 0.6 is 0 Å². The van der Waals surface area contributed by atoms with Crippen LogP contribution in [0.1, 0.15) is 49.0 Å². The first-order valence-electron chi connectivity index (χ1n) is 14.1. The first-order valence-corrected chi connectivity index (χ1v) is 14.1. The third-order valence-electron chi connectivity index (χ3n) is 7.94. The summed E-state index contributed by atoms with van der Waals surface area (Å²) in [5, 5.41) is 0. The van der Waals surface area contributed by atoms with Gasteiger partial charge in [-0.2, -0.15) is 0 Å². The number of halogens is 2. The molecule has 2 atom stereocenters. The Morgan fingerprint density at radius 1 is 0.950 bits per heavy atom. The molecule has 2 saturated heterocycles. The Kier molecular flexibility index (Phi) is 8.03. The Morgan fingerprint density at radius 2 is 1.73 bits per heavy atom. The van der Waals surface area contributed by atoms with Crippen molar-refractivity contribution in [2.24, 2.45) is 5.92 Å². The van der Waals surface area contributed by atoms with Crippen molar-refractivity contribution in [2.75, 3.05) is 39.5 Å². The molecule has 210 valence electrons. The van der Waals surface area contributed by atoms with Crippen LogP contribution in [0.15, 0.2) is 66.7 Å². The summed E-state index contributed by atoms with van der Waals surface area (Å²) >= 11 is 0. The van der Waals surface area contributed by atoms with Gasteiger partial charge in [0.2, 0.25) is 0 Å². The standard InChI is InChI=1S/C33H35F2NO4/c1-22-29-18-28(39-31-4-2-3-16-38-31)13-14-30(29)40-33(32(22)24-5-9-26(35)10-6-24)25-7-11-27(12-8-25)37-17-15-36-20-23(19-34)21-36/h5-14,18,23,31,33H,2-4,15-17,19-21H2,1H3. The summed E-state index contributed by atoms with van der Waals surface area (Å²) in [7, 11) is 0. The van der Waals surface area contributed by atoms with Crippen LogP contribution in [0.4, 0.5) is 8.78 Å². The van der Waals surface area contributed by atoms with E-state index in [9.17, 15) is 8.78 Å². The van der Waals surface area contributed by atoms with Gasteiger partial charge in [-0.25, -0.2) is 4.39 Å². The highest BCUT2D eigenvalue weighted by atomic mass is 19.1. The summed E-state index contributed by atoms with van der Waals surface area (Å²) < 4.78 is 51.0. The molecule has 0 bridgehead atoms. The zero-order valence-corrected chi connectivity index (χ0v) is 22.8. The lowest BCUT2D eigenvalue weighted by Crippen LogP contribution is -2.49. The Bertz CT molecular complexity index is 1330. The van der Waals surface area contributed by atoms with Crippen molar-refractivity contribution in [2.45, 2.75) is 38.6 Å². The van der Waals surface area contributed by atoms with Gasteiger partial charge in [0, 0.05) is 43.1 Å². The van der Waals surface area contributed by atoms with E-state index < -0.39 is 0 Å². The lowest BCUT2D eigenvalue weighted by molar-refractivity contribution is -0.105. The minimum absolute atomic E-state index is 0.178. The van der Waals surface area contributed by atoms with Crippen molar-refractivity contribution in [1.29, 1.82) is 0 Å². The molecule has 0 N–H and O–H groups in total. The van der Waals surface area contributed by atoms with E-state index >= 15 is 0 Å². The van der Waals surface area contributed by atoms with Gasteiger partial charge in [0.1, 0.15) is 35.8 Å². The topological polar surface area (TPSA) is 40.2 Å². The average Bonchev–Trinajstić information content (AvgIpc) is 2.96. The van der Waals surface area contributed by atoms with E-state index in [4.69, 9.17) is 18.9 Å². The molecule has 3 aromatic rings. The largest absolute Gasteiger partial charge is 0.492 e. The molecule has 6 rings (SSSR count). The van der Waals surface area contributed by atoms with Gasteiger partial charge >= 0.3 is 0 Å². The molecule has 0 amide bonds. The zero-order chi connectivity index (χ0) is 27.5. The molecule has 0 saturated carbocycles. The van der Waals surface area contributed by atoms with E-state index in [0.29, 0.717) is 6.61 Å². The van der Waals surface area contributed by atoms with Crippen molar-refractivity contribution < 1.29 is 27.7 Å². The van der Waals surface area contributed by atoms with Crippen molar-refractivity contribution in [3.63, 3.8) is 0 Å². The van der Waals surface area contributed by atoms with Gasteiger partial charge in [-0.1, -0.05) is 24.3 Å². The van der Waals surface area contributed by atoms with Crippen LogP contribution in [0, 0.1) is 11.7 Å². The van der Waals surface area contributed by atoms with Crippen LogP contribution in [0.25, 0.3) is 11.1 Å². The number of nitrogens with zero attached hydrogens (tertiary/aromatic N) is 1. The van der Waals surface area contributed by atoms with E-state index in [-0.39, 0.29) is 30.8 Å². The molecule has 40 heavy (non-hydrogen) atoms. The third kappa shape index (κ3) is 5.86. The maximum absolute atomic E-state index is 13.8. The predicted octanol–water partition coefficient (Wildman–Crippen LogP) is 7.08. The number of fused-ring (bicyclic) bond motifs is 1. The van der Waals surface area contributed by atoms with E-state index in [1.165, 1.54) is 12.1 Å². The second-order valence-corrected chi connectivity index (χ2v) is 10.8. The highest BCUT2D eigenvalue weighted by Crippen LogP contribution is 2.47. The maximum atomic E-state index is 13.8. The number of hydrogen-bond donors (Lipinski definition) is 0. The van der Waals surface area contributed by atoms with Gasteiger partial charge in [-0.15, -0.1) is 0 Å². The van der Waals surface area contributed by atoms with Gasteiger partial charge in [-0.3, -0.25) is 9.29 Å². The summed E-state index contributed by atoms with van der Waals surface area (Å²) in [5.74, 6) is 2.19. The molecule has 0 spiro atoms. The zero-order valence-electron chi connectivity index (χ0n) is 22.8. The molecular weight excluding hydrogens is 512 g/mol. The number of likely N-dealkylation sites (tertiary alicyclic amines) is 1. The van der Waals surface area contributed by atoms with Crippen LogP contribution in [0.3, 0.4) is 0 Å². The van der Waals surface area contributed by atoms with E-state index in [0.717, 1.165) is 90.6 Å². The van der Waals surface area contributed by atoms with Crippen molar-refractivity contribution in [3.05, 3.63) is 89.2 Å². The highest BCUT2D eigenvalue weighted by Gasteiger charge is 2.30. The molecule has 0 aromatic heterocycles. The molecule has 0 aliphatic carbocycles. The molecule has 5 nitrogen and oxygen atoms in total. The average molecular weight is 548 g/mol. The van der Waals surface area contributed by atoms with Gasteiger partial charge in [0.05, 0.1) is 13.3 Å². The first-order chi connectivity index (χ1) is 19.6. The van der Waals surface area contributed by atoms with Crippen LogP contribution in [-0.4, -0.2) is 50.7 Å². The minimum atomic E-state index is -0.376. The predicted molar refractivity (Wildman–Crippen MR) is 151 cm³/mol. The lowest BCUT2D eigenvalue weighted by Gasteiger charge is -2.37. The Hall–Kier alpha value is -3.42. The fraction of sp³-hybridized carbons (Fsp3) is 0.394. The summed E-state index contributed by atoms with van der Waals surface area (Å²) in [6.07, 6.45) is 2.43. The molecule has 3 heterocycles. The second-order valence-electron chi connectivity index (χ2n) is 10.8. The molecule has 2 fully saturated rings. The Labute approximate surface area is 234 Å². The van der Waals surface area contributed by atoms with Crippen LogP contribution in [-0.2, 0) is 4.74 Å². The number of allylic oxidation sites excluding steroid dienone is 1. The van der Waals surface area contributed by atoms with Gasteiger partial charge in [0.25, 0.3) is 0 Å². The summed E-state index contributed by atoms with van der Waals surface area (Å²) in [6.45, 7) is 5.51. The summed E-state index contributed by atoms with van der Waals surface area (Å²) in [4.78, 5) is 2.20. The van der Waals surface area contributed by atoms with Gasteiger partial charge in [-0.05, 0) is 78.9 Å². The molecule has 7 heteroatoms. The number of hydrogen-bond acceptors (Lipinski definition) is 5. The molecule has 3 aliphatic rings. The van der Waals surface area contributed by atoms with E-state index in [1.54, 1.807) is 12.1 Å². The SMILES string of the molecule is CC1=C(c2ccc(F)cc2)C(c2ccc(OCCN3CC(CF)C3)cc2)Oc2ccc(OC3CCCCO3)cc21. The highest BCUT2D eigenvalue weighted by molar-refractivity contribution is 5.95. The smallest absolute Gasteiger partial charge is 0.199 e. The Morgan fingerprint density at radius 3 is 2.45 bits per heavy atom. The van der Waals surface area contributed by atoms with Gasteiger partial charge < -0.3 is 18.9 Å². The van der Waals surface area contributed by atoms with Crippen LogP contribution < -0.4 is 14.2 Å². The first kappa shape index (κ1) is 26.8. The minimum Gasteiger partial charge on any atom is -0.492 e. The second kappa shape index (κ2) is 12.0. The molecule has 3 aromatic carbocycles. The monoisotopic (exact) mass is 547 g/mol. The van der Waals surface area contributed by atoms with Crippen LogP contribution in [0.2, 0.25) is 0 Å². The summed E-state index contributed by atoms with van der Waals surface area (Å²) in [6, 6.07) is 20.4. The fourth-order valence-electron chi connectivity index (χ4n) is 5.68. The number of rotatable bonds is 9. The lowest BCUT2D eigenvalue weighted by atomic mass is 9.86. The van der Waals surface area contributed by atoms with E-state index in [1.807, 2.05) is 42.5 Å². The quantitative estimate of drug-likeness (QED) is 0.286. The molecule has 0 radical (unpaired) electrons. The normalized spacial score (nSPS) is 21.4. The third-order valence-corrected chi connectivity index (χ3v) is 7.94. The van der Waals surface area contributed by atoms with E-state index in [2.05, 4.69) is 11.8 Å². The van der Waals surface area contributed by atoms with Crippen molar-refractivity contribution >= 4 is 11.1 Å². The number of ether oxygens (including phenoxy) is 4. The summed E-state index contributed by atoms with van der Waals surface area (Å²) in [5.41, 5.74) is 4.85. The van der Waals surface area contributed by atoms with Crippen LogP contribution in [0.5, 0.6) is 17.2 Å². The molecular formula is C33H35F2NO4.